The van der Waals surface area contributed by atoms with Crippen molar-refractivity contribution in [2.75, 3.05) is 6.54 Å². The maximum atomic E-state index is 12.9. The second-order valence-corrected chi connectivity index (χ2v) is 7.86. The van der Waals surface area contributed by atoms with E-state index in [1.54, 1.807) is 31.2 Å². The van der Waals surface area contributed by atoms with Gasteiger partial charge in [-0.15, -0.1) is 0 Å². The Morgan fingerprint density at radius 2 is 1.66 bits per heavy atom. The third kappa shape index (κ3) is 6.26. The van der Waals surface area contributed by atoms with E-state index >= 15 is 0 Å². The second kappa shape index (κ2) is 11.2. The molecule has 0 radical (unpaired) electrons. The van der Waals surface area contributed by atoms with E-state index in [4.69, 9.17) is 4.74 Å². The van der Waals surface area contributed by atoms with E-state index in [1.165, 1.54) is 4.90 Å². The summed E-state index contributed by atoms with van der Waals surface area (Å²) in [4.78, 5) is 51.3. The molecule has 0 saturated carbocycles. The zero-order valence-electron chi connectivity index (χ0n) is 18.2. The lowest BCUT2D eigenvalue weighted by Gasteiger charge is -2.26. The maximum absolute atomic E-state index is 12.9. The van der Waals surface area contributed by atoms with E-state index in [9.17, 15) is 19.2 Å². The molecule has 7 heteroatoms. The number of nitrogens with one attached hydrogen (secondary N) is 1. The molecule has 1 aliphatic rings. The first-order valence-electron chi connectivity index (χ1n) is 10.8. The summed E-state index contributed by atoms with van der Waals surface area (Å²) in [6.07, 6.45) is 1.29. The van der Waals surface area contributed by atoms with E-state index in [2.05, 4.69) is 5.32 Å². The van der Waals surface area contributed by atoms with Gasteiger partial charge >= 0.3 is 5.97 Å². The van der Waals surface area contributed by atoms with Gasteiger partial charge < -0.3 is 15.0 Å². The fourth-order valence-corrected chi connectivity index (χ4v) is 3.72. The van der Waals surface area contributed by atoms with Crippen LogP contribution in [-0.4, -0.2) is 47.1 Å². The van der Waals surface area contributed by atoms with Crippen LogP contribution in [0.15, 0.2) is 60.7 Å². The summed E-state index contributed by atoms with van der Waals surface area (Å²) >= 11 is 0. The fourth-order valence-electron chi connectivity index (χ4n) is 3.72. The van der Waals surface area contributed by atoms with Crippen LogP contribution in [0.4, 0.5) is 0 Å². The molecule has 2 atom stereocenters. The second-order valence-electron chi connectivity index (χ2n) is 7.86. The van der Waals surface area contributed by atoms with Crippen LogP contribution in [0.5, 0.6) is 0 Å². The number of ketones is 1. The van der Waals surface area contributed by atoms with E-state index in [0.29, 0.717) is 24.9 Å². The van der Waals surface area contributed by atoms with Gasteiger partial charge in [-0.25, -0.2) is 4.79 Å². The van der Waals surface area contributed by atoms with Gasteiger partial charge in [-0.1, -0.05) is 60.7 Å². The Kier molecular flexibility index (Phi) is 8.14. The number of rotatable bonds is 9. The monoisotopic (exact) mass is 436 g/mol. The van der Waals surface area contributed by atoms with Crippen LogP contribution >= 0.6 is 0 Å². The maximum Gasteiger partial charge on any atom is 0.329 e. The average molecular weight is 437 g/mol. The van der Waals surface area contributed by atoms with Crippen molar-refractivity contribution < 1.29 is 23.9 Å². The number of ether oxygens (including phenoxy) is 1. The molecule has 3 rings (SSSR count). The van der Waals surface area contributed by atoms with Gasteiger partial charge in [0, 0.05) is 24.9 Å². The van der Waals surface area contributed by atoms with Crippen molar-refractivity contribution in [1.29, 1.82) is 0 Å². The van der Waals surface area contributed by atoms with Crippen LogP contribution in [0.2, 0.25) is 0 Å². The lowest BCUT2D eigenvalue weighted by atomic mass is 10.1. The molecular formula is C25H28N2O5. The van der Waals surface area contributed by atoms with Crippen LogP contribution in [0.3, 0.4) is 0 Å². The van der Waals surface area contributed by atoms with Gasteiger partial charge in [-0.05, 0) is 25.3 Å². The van der Waals surface area contributed by atoms with Gasteiger partial charge in [0.05, 0.1) is 0 Å². The van der Waals surface area contributed by atoms with Crippen molar-refractivity contribution in [3.8, 4) is 0 Å². The molecule has 32 heavy (non-hydrogen) atoms. The minimum absolute atomic E-state index is 0.00606. The normalized spacial score (nSPS) is 16.3. The van der Waals surface area contributed by atoms with Crippen molar-refractivity contribution in [2.24, 2.45) is 0 Å². The standard InChI is InChI=1S/C25H28N2O5/c1-18(26-23(29)15-14-22(28)20-11-6-3-7-12-20)24(30)27-16-8-13-21(27)25(31)32-17-19-9-4-2-5-10-19/h2-7,9-12,18,21H,8,13-17H2,1H3,(H,26,29)/t18-,21-/m0/s1. The summed E-state index contributed by atoms with van der Waals surface area (Å²) in [5, 5.41) is 2.65. The molecule has 1 fully saturated rings. The summed E-state index contributed by atoms with van der Waals surface area (Å²) in [6.45, 7) is 2.18. The molecule has 1 saturated heterocycles. The van der Waals surface area contributed by atoms with Crippen molar-refractivity contribution in [1.82, 2.24) is 10.2 Å². The smallest absolute Gasteiger partial charge is 0.329 e. The van der Waals surface area contributed by atoms with Crippen LogP contribution < -0.4 is 5.32 Å². The summed E-state index contributed by atoms with van der Waals surface area (Å²) in [6, 6.07) is 16.7. The SMILES string of the molecule is C[C@H](NC(=O)CCC(=O)c1ccccc1)C(=O)N1CCC[C@H]1C(=O)OCc1ccccc1. The molecule has 0 spiro atoms. The number of likely N-dealkylation sites (tertiary alicyclic amines) is 1. The topological polar surface area (TPSA) is 92.8 Å². The molecule has 0 aliphatic carbocycles. The minimum atomic E-state index is -0.795. The highest BCUT2D eigenvalue weighted by atomic mass is 16.5. The highest BCUT2D eigenvalue weighted by Gasteiger charge is 2.37. The molecule has 1 N–H and O–H groups in total. The number of hydrogen-bond acceptors (Lipinski definition) is 5. The van der Waals surface area contributed by atoms with E-state index in [-0.39, 0.29) is 37.0 Å². The summed E-state index contributed by atoms with van der Waals surface area (Å²) in [5.41, 5.74) is 1.43. The van der Waals surface area contributed by atoms with Gasteiger partial charge in [0.2, 0.25) is 11.8 Å². The van der Waals surface area contributed by atoms with E-state index in [1.807, 2.05) is 36.4 Å². The van der Waals surface area contributed by atoms with Gasteiger partial charge in [-0.2, -0.15) is 0 Å². The van der Waals surface area contributed by atoms with E-state index in [0.717, 1.165) is 5.56 Å². The number of amides is 2. The van der Waals surface area contributed by atoms with Crippen molar-refractivity contribution in [3.63, 3.8) is 0 Å². The summed E-state index contributed by atoms with van der Waals surface area (Å²) < 4.78 is 5.40. The first-order chi connectivity index (χ1) is 15.5. The van der Waals surface area contributed by atoms with E-state index < -0.39 is 18.1 Å². The van der Waals surface area contributed by atoms with Crippen molar-refractivity contribution in [2.45, 2.75) is 51.3 Å². The largest absolute Gasteiger partial charge is 0.459 e. The van der Waals surface area contributed by atoms with Crippen molar-refractivity contribution in [3.05, 3.63) is 71.8 Å². The zero-order valence-corrected chi connectivity index (χ0v) is 18.2. The summed E-state index contributed by atoms with van der Waals surface area (Å²) in [5.74, 6) is -1.27. The number of hydrogen-bond donors (Lipinski definition) is 1. The van der Waals surface area contributed by atoms with Crippen LogP contribution in [0, 0.1) is 0 Å². The molecule has 1 heterocycles. The molecule has 1 aliphatic heterocycles. The highest BCUT2D eigenvalue weighted by Crippen LogP contribution is 2.20. The number of nitrogens with zero attached hydrogens (tertiary/aromatic N) is 1. The zero-order chi connectivity index (χ0) is 22.9. The molecule has 0 aromatic heterocycles. The minimum Gasteiger partial charge on any atom is -0.459 e. The first-order valence-corrected chi connectivity index (χ1v) is 10.8. The molecule has 2 aromatic carbocycles. The van der Waals surface area contributed by atoms with Crippen LogP contribution in [0.25, 0.3) is 0 Å². The molecular weight excluding hydrogens is 408 g/mol. The number of carbonyl (C=O) groups excluding carboxylic acids is 4. The number of esters is 1. The Hall–Kier alpha value is -3.48. The molecule has 0 bridgehead atoms. The molecule has 2 aromatic rings. The number of benzene rings is 2. The Morgan fingerprint density at radius 3 is 2.34 bits per heavy atom. The highest BCUT2D eigenvalue weighted by molar-refractivity contribution is 5.98. The van der Waals surface area contributed by atoms with Gasteiger partial charge in [-0.3, -0.25) is 14.4 Å². The quantitative estimate of drug-likeness (QED) is 0.482. The summed E-state index contributed by atoms with van der Waals surface area (Å²) in [7, 11) is 0. The predicted molar refractivity (Wildman–Crippen MR) is 119 cm³/mol. The number of Topliss-reactive ketones (excluding diaryl/α,β-unsaturated/α-hetero) is 1. The third-order valence-corrected chi connectivity index (χ3v) is 5.45. The van der Waals surface area contributed by atoms with Crippen LogP contribution in [-0.2, 0) is 25.7 Å². The molecule has 7 nitrogen and oxygen atoms in total. The van der Waals surface area contributed by atoms with Crippen molar-refractivity contribution >= 4 is 23.6 Å². The van der Waals surface area contributed by atoms with Crippen LogP contribution in [0.1, 0.15) is 48.5 Å². The Balaban J connectivity index is 1.47. The number of carbonyl (C=O) groups is 4. The lowest BCUT2D eigenvalue weighted by Crippen LogP contribution is -2.50. The van der Waals surface area contributed by atoms with Gasteiger partial charge in [0.1, 0.15) is 18.7 Å². The van der Waals surface area contributed by atoms with Gasteiger partial charge in [0.15, 0.2) is 5.78 Å². The molecule has 0 unspecified atom stereocenters. The Bertz CT molecular complexity index is 945. The average Bonchev–Trinajstić information content (AvgIpc) is 3.31. The molecule has 168 valence electrons. The Morgan fingerprint density at radius 1 is 1.00 bits per heavy atom. The predicted octanol–water partition coefficient (Wildman–Crippen LogP) is 2.89. The van der Waals surface area contributed by atoms with Gasteiger partial charge in [0.25, 0.3) is 0 Å². The fraction of sp³-hybridized carbons (Fsp3) is 0.360. The lowest BCUT2D eigenvalue weighted by molar-refractivity contribution is -0.155. The third-order valence-electron chi connectivity index (χ3n) is 5.45. The Labute approximate surface area is 187 Å². The first kappa shape index (κ1) is 23.2. The molecule has 2 amide bonds.